The van der Waals surface area contributed by atoms with E-state index in [1.807, 2.05) is 6.07 Å². The molecule has 17 heavy (non-hydrogen) atoms. The molecule has 0 amide bonds. The Morgan fingerprint density at radius 2 is 2.41 bits per heavy atom. The number of hydrogen-bond donors (Lipinski definition) is 2. The number of hydrogen-bond acceptors (Lipinski definition) is 4. The highest BCUT2D eigenvalue weighted by Gasteiger charge is 2.06. The molecule has 0 unspecified atom stereocenters. The fraction of sp³-hybridized carbons (Fsp3) is 0.182. The molecule has 0 saturated heterocycles. The van der Waals surface area contributed by atoms with Crippen molar-refractivity contribution in [1.82, 2.24) is 15.0 Å². The van der Waals surface area contributed by atoms with Gasteiger partial charge in [-0.1, -0.05) is 11.6 Å². The summed E-state index contributed by atoms with van der Waals surface area (Å²) in [6, 6.07) is 3.60. The molecule has 0 atom stereocenters. The Morgan fingerprint density at radius 1 is 1.53 bits per heavy atom. The zero-order valence-electron chi connectivity index (χ0n) is 8.94. The monoisotopic (exact) mass is 247 g/mol. The van der Waals surface area contributed by atoms with E-state index in [9.17, 15) is 0 Å². The minimum absolute atomic E-state index is 0.361. The van der Waals surface area contributed by atoms with Gasteiger partial charge in [0, 0.05) is 31.1 Å². The molecule has 0 saturated carbocycles. The molecule has 2 heterocycles. The first-order valence-corrected chi connectivity index (χ1v) is 5.45. The van der Waals surface area contributed by atoms with Crippen molar-refractivity contribution in [2.45, 2.75) is 6.42 Å². The smallest absolute Gasteiger partial charge is 0.146 e. The van der Waals surface area contributed by atoms with Gasteiger partial charge in [-0.15, -0.1) is 0 Å². The van der Waals surface area contributed by atoms with Crippen LogP contribution >= 0.6 is 11.6 Å². The lowest BCUT2D eigenvalue weighted by molar-refractivity contribution is 0.968. The van der Waals surface area contributed by atoms with Crippen LogP contribution in [0.4, 0.5) is 5.82 Å². The predicted molar refractivity (Wildman–Crippen MR) is 64.7 cm³/mol. The van der Waals surface area contributed by atoms with Gasteiger partial charge in [0.1, 0.15) is 16.9 Å². The van der Waals surface area contributed by atoms with E-state index in [0.29, 0.717) is 22.9 Å². The molecule has 0 aromatic carbocycles. The number of imidazole rings is 1. The van der Waals surface area contributed by atoms with E-state index in [0.717, 1.165) is 12.1 Å². The van der Waals surface area contributed by atoms with E-state index in [4.69, 9.17) is 16.9 Å². The number of nitrogens with zero attached hydrogens (tertiary/aromatic N) is 3. The van der Waals surface area contributed by atoms with Gasteiger partial charge < -0.3 is 10.3 Å². The maximum Gasteiger partial charge on any atom is 0.146 e. The number of aromatic nitrogens is 3. The Labute approximate surface area is 103 Å². The van der Waals surface area contributed by atoms with Gasteiger partial charge in [-0.05, 0) is 6.07 Å². The van der Waals surface area contributed by atoms with E-state index in [1.165, 1.54) is 0 Å². The number of anilines is 1. The van der Waals surface area contributed by atoms with Crippen LogP contribution in [0.3, 0.4) is 0 Å². The number of rotatable bonds is 4. The standard InChI is InChI=1S/C11H10ClN5/c12-10-8(5-13)1-3-15-11(10)16-4-2-9-6-14-7-17-9/h1,3,6-7H,2,4H2,(H,14,17)(H,15,16). The molecule has 0 radical (unpaired) electrons. The maximum atomic E-state index is 8.82. The van der Waals surface area contributed by atoms with E-state index in [1.54, 1.807) is 24.8 Å². The topological polar surface area (TPSA) is 77.4 Å². The number of aromatic amines is 1. The summed E-state index contributed by atoms with van der Waals surface area (Å²) in [6.07, 6.45) is 5.75. The van der Waals surface area contributed by atoms with Crippen molar-refractivity contribution in [2.24, 2.45) is 0 Å². The lowest BCUT2D eigenvalue weighted by atomic mass is 10.3. The minimum atomic E-state index is 0.361. The van der Waals surface area contributed by atoms with Gasteiger partial charge in [0.25, 0.3) is 0 Å². The summed E-state index contributed by atoms with van der Waals surface area (Å²) in [6.45, 7) is 0.670. The summed E-state index contributed by atoms with van der Waals surface area (Å²) in [4.78, 5) is 11.0. The number of nitriles is 1. The lowest BCUT2D eigenvalue weighted by Gasteiger charge is -2.06. The number of nitrogens with one attached hydrogen (secondary N) is 2. The van der Waals surface area contributed by atoms with E-state index in [2.05, 4.69) is 20.3 Å². The Morgan fingerprint density at radius 3 is 3.12 bits per heavy atom. The molecule has 86 valence electrons. The molecule has 0 aliphatic heterocycles. The second-order valence-corrected chi connectivity index (χ2v) is 3.76. The SMILES string of the molecule is N#Cc1ccnc(NCCc2cnc[nH]2)c1Cl. The molecule has 5 nitrogen and oxygen atoms in total. The van der Waals surface area contributed by atoms with Crippen LogP contribution in [0.25, 0.3) is 0 Å². The van der Waals surface area contributed by atoms with Crippen molar-refractivity contribution in [3.63, 3.8) is 0 Å². The maximum absolute atomic E-state index is 8.82. The van der Waals surface area contributed by atoms with Gasteiger partial charge in [0.05, 0.1) is 11.9 Å². The molecular weight excluding hydrogens is 238 g/mol. The molecule has 2 aromatic heterocycles. The number of H-pyrrole nitrogens is 1. The quantitative estimate of drug-likeness (QED) is 0.866. The molecule has 0 aliphatic carbocycles. The van der Waals surface area contributed by atoms with Crippen LogP contribution in [0, 0.1) is 11.3 Å². The second-order valence-electron chi connectivity index (χ2n) is 3.39. The molecule has 0 spiro atoms. The van der Waals surface area contributed by atoms with E-state index >= 15 is 0 Å². The highest BCUT2D eigenvalue weighted by atomic mass is 35.5. The van der Waals surface area contributed by atoms with Gasteiger partial charge >= 0.3 is 0 Å². The van der Waals surface area contributed by atoms with Crippen molar-refractivity contribution in [2.75, 3.05) is 11.9 Å². The number of halogens is 1. The summed E-state index contributed by atoms with van der Waals surface area (Å²) >= 11 is 6.00. The average molecular weight is 248 g/mol. The van der Waals surface area contributed by atoms with Crippen LogP contribution in [-0.2, 0) is 6.42 Å². The molecule has 0 fully saturated rings. The zero-order chi connectivity index (χ0) is 12.1. The number of pyridine rings is 1. The Kier molecular flexibility index (Phi) is 3.58. The van der Waals surface area contributed by atoms with Crippen molar-refractivity contribution in [1.29, 1.82) is 5.26 Å². The van der Waals surface area contributed by atoms with Gasteiger partial charge in [-0.2, -0.15) is 5.26 Å². The third kappa shape index (κ3) is 2.74. The summed E-state index contributed by atoms with van der Waals surface area (Å²) < 4.78 is 0. The predicted octanol–water partition coefficient (Wildman–Crippen LogP) is 1.98. The van der Waals surface area contributed by atoms with Crippen LogP contribution in [0.5, 0.6) is 0 Å². The fourth-order valence-electron chi connectivity index (χ4n) is 1.39. The van der Waals surface area contributed by atoms with E-state index < -0.39 is 0 Å². The molecule has 0 aliphatic rings. The van der Waals surface area contributed by atoms with Crippen LogP contribution in [0.15, 0.2) is 24.8 Å². The van der Waals surface area contributed by atoms with Gasteiger partial charge in [-0.3, -0.25) is 0 Å². The third-order valence-electron chi connectivity index (χ3n) is 2.25. The van der Waals surface area contributed by atoms with Gasteiger partial charge in [-0.25, -0.2) is 9.97 Å². The third-order valence-corrected chi connectivity index (χ3v) is 2.63. The lowest BCUT2D eigenvalue weighted by Crippen LogP contribution is -2.07. The highest BCUT2D eigenvalue weighted by molar-refractivity contribution is 6.34. The largest absolute Gasteiger partial charge is 0.368 e. The summed E-state index contributed by atoms with van der Waals surface area (Å²) in [5, 5.41) is 12.3. The average Bonchev–Trinajstić information content (AvgIpc) is 2.84. The van der Waals surface area contributed by atoms with Crippen LogP contribution in [0.1, 0.15) is 11.3 Å². The first-order valence-electron chi connectivity index (χ1n) is 5.07. The van der Waals surface area contributed by atoms with Crippen molar-refractivity contribution >= 4 is 17.4 Å². The second kappa shape index (κ2) is 5.32. The summed E-state index contributed by atoms with van der Waals surface area (Å²) in [5.74, 6) is 0.533. The van der Waals surface area contributed by atoms with Crippen LogP contribution in [0.2, 0.25) is 5.02 Å². The van der Waals surface area contributed by atoms with Crippen LogP contribution < -0.4 is 5.32 Å². The first-order chi connectivity index (χ1) is 8.31. The summed E-state index contributed by atoms with van der Waals surface area (Å²) in [7, 11) is 0. The molecule has 2 N–H and O–H groups in total. The van der Waals surface area contributed by atoms with Crippen molar-refractivity contribution < 1.29 is 0 Å². The first kappa shape index (κ1) is 11.4. The zero-order valence-corrected chi connectivity index (χ0v) is 9.70. The molecule has 2 rings (SSSR count). The minimum Gasteiger partial charge on any atom is -0.368 e. The summed E-state index contributed by atoms with van der Waals surface area (Å²) in [5.41, 5.74) is 1.45. The molecule has 0 bridgehead atoms. The van der Waals surface area contributed by atoms with Crippen molar-refractivity contribution in [3.8, 4) is 6.07 Å². The van der Waals surface area contributed by atoms with Gasteiger partial charge in [0.2, 0.25) is 0 Å². The van der Waals surface area contributed by atoms with Crippen molar-refractivity contribution in [3.05, 3.63) is 41.1 Å². The van der Waals surface area contributed by atoms with Gasteiger partial charge in [0.15, 0.2) is 0 Å². The highest BCUT2D eigenvalue weighted by Crippen LogP contribution is 2.22. The molecular formula is C11H10ClN5. The molecule has 2 aromatic rings. The van der Waals surface area contributed by atoms with E-state index in [-0.39, 0.29) is 0 Å². The Balaban J connectivity index is 1.98. The normalized spacial score (nSPS) is 9.88. The Bertz CT molecular complexity index is 529. The van der Waals surface area contributed by atoms with Crippen LogP contribution in [-0.4, -0.2) is 21.5 Å². The molecule has 6 heteroatoms. The fourth-order valence-corrected chi connectivity index (χ4v) is 1.61. The Hall–Kier alpha value is -2.06.